The largest absolute Gasteiger partial charge is 0.295 e. The molecule has 1 fully saturated rings. The molecule has 0 aliphatic carbocycles. The fraction of sp³-hybridized carbons (Fsp3) is 0.316. The smallest absolute Gasteiger partial charge is 0.272 e. The van der Waals surface area contributed by atoms with Crippen molar-refractivity contribution in [3.63, 3.8) is 0 Å². The van der Waals surface area contributed by atoms with Crippen LogP contribution in [-0.2, 0) is 10.0 Å². The van der Waals surface area contributed by atoms with Crippen molar-refractivity contribution in [1.29, 1.82) is 0 Å². The van der Waals surface area contributed by atoms with Crippen LogP contribution in [0.3, 0.4) is 0 Å². The summed E-state index contributed by atoms with van der Waals surface area (Å²) in [5.41, 5.74) is 5.50. The van der Waals surface area contributed by atoms with Crippen LogP contribution in [0.4, 0.5) is 11.4 Å². The second kappa shape index (κ2) is 8.07. The van der Waals surface area contributed by atoms with Crippen molar-refractivity contribution >= 4 is 27.6 Å². The highest BCUT2D eigenvalue weighted by Gasteiger charge is 2.29. The van der Waals surface area contributed by atoms with Gasteiger partial charge in [-0.3, -0.25) is 15.5 Å². The molecule has 0 aromatic heterocycles. The molecular weight excluding hydrogens is 380 g/mol. The van der Waals surface area contributed by atoms with Gasteiger partial charge in [0.25, 0.3) is 5.69 Å². The van der Waals surface area contributed by atoms with Gasteiger partial charge >= 0.3 is 0 Å². The number of hydrazone groups is 1. The lowest BCUT2D eigenvalue weighted by Gasteiger charge is -2.15. The number of hydrogen-bond acceptors (Lipinski definition) is 6. The molecule has 8 nitrogen and oxygen atoms in total. The summed E-state index contributed by atoms with van der Waals surface area (Å²) in [6.07, 6.45) is 3.18. The number of aryl methyl sites for hydroxylation is 2. The van der Waals surface area contributed by atoms with E-state index in [0.717, 1.165) is 35.6 Å². The SMILES string of the molecule is Cc1ccc(C=NNc2ccc(S(=O)(=O)N3CCCC3)cc2[N+](=O)[O-])c(C)c1. The van der Waals surface area contributed by atoms with Gasteiger partial charge in [-0.25, -0.2) is 8.42 Å². The topological polar surface area (TPSA) is 105 Å². The first-order valence-electron chi connectivity index (χ1n) is 8.94. The Morgan fingerprint density at radius 3 is 2.50 bits per heavy atom. The van der Waals surface area contributed by atoms with E-state index in [9.17, 15) is 18.5 Å². The molecule has 0 spiro atoms. The molecule has 0 bridgehead atoms. The van der Waals surface area contributed by atoms with Crippen LogP contribution in [0.5, 0.6) is 0 Å². The Kier molecular flexibility index (Phi) is 5.76. The highest BCUT2D eigenvalue weighted by atomic mass is 32.2. The molecule has 0 atom stereocenters. The van der Waals surface area contributed by atoms with E-state index in [1.165, 1.54) is 16.4 Å². The van der Waals surface area contributed by atoms with Gasteiger partial charge in [-0.1, -0.05) is 23.8 Å². The molecule has 1 N–H and O–H groups in total. The number of hydrogen-bond donors (Lipinski definition) is 1. The molecule has 2 aromatic carbocycles. The van der Waals surface area contributed by atoms with E-state index in [-0.39, 0.29) is 16.3 Å². The van der Waals surface area contributed by atoms with Crippen LogP contribution in [0.25, 0.3) is 0 Å². The first-order chi connectivity index (χ1) is 13.3. The Hall–Kier alpha value is -2.78. The average Bonchev–Trinajstić information content (AvgIpc) is 3.19. The van der Waals surface area contributed by atoms with Gasteiger partial charge in [0.2, 0.25) is 10.0 Å². The molecule has 3 rings (SSSR count). The first-order valence-corrected chi connectivity index (χ1v) is 10.4. The molecule has 28 heavy (non-hydrogen) atoms. The van der Waals surface area contributed by atoms with E-state index >= 15 is 0 Å². The monoisotopic (exact) mass is 402 g/mol. The Balaban J connectivity index is 1.85. The standard InChI is InChI=1S/C19H22N4O4S/c1-14-5-6-16(15(2)11-14)13-20-21-18-8-7-17(12-19(18)23(24)25)28(26,27)22-9-3-4-10-22/h5-8,11-13,21H,3-4,9-10H2,1-2H3. The second-order valence-electron chi connectivity index (χ2n) is 6.78. The summed E-state index contributed by atoms with van der Waals surface area (Å²) in [6.45, 7) is 4.83. The minimum absolute atomic E-state index is 0.0787. The number of sulfonamides is 1. The van der Waals surface area contributed by atoms with Crippen molar-refractivity contribution in [1.82, 2.24) is 4.31 Å². The maximum atomic E-state index is 12.6. The lowest BCUT2D eigenvalue weighted by Crippen LogP contribution is -2.27. The number of rotatable bonds is 6. The van der Waals surface area contributed by atoms with Gasteiger partial charge < -0.3 is 0 Å². The highest BCUT2D eigenvalue weighted by molar-refractivity contribution is 7.89. The molecule has 0 saturated carbocycles. The Bertz CT molecular complexity index is 1030. The molecule has 9 heteroatoms. The van der Waals surface area contributed by atoms with E-state index in [0.29, 0.717) is 13.1 Å². The van der Waals surface area contributed by atoms with E-state index in [1.807, 2.05) is 32.0 Å². The Morgan fingerprint density at radius 2 is 1.86 bits per heavy atom. The van der Waals surface area contributed by atoms with Crippen molar-refractivity contribution in [3.8, 4) is 0 Å². The van der Waals surface area contributed by atoms with E-state index < -0.39 is 14.9 Å². The lowest BCUT2D eigenvalue weighted by molar-refractivity contribution is -0.384. The van der Waals surface area contributed by atoms with Gasteiger partial charge in [0.15, 0.2) is 0 Å². The van der Waals surface area contributed by atoms with E-state index in [1.54, 1.807) is 6.21 Å². The fourth-order valence-corrected chi connectivity index (χ4v) is 4.67. The molecular formula is C19H22N4O4S. The minimum Gasteiger partial charge on any atom is -0.272 e. The first kappa shape index (κ1) is 20.0. The zero-order valence-corrected chi connectivity index (χ0v) is 16.6. The minimum atomic E-state index is -3.72. The van der Waals surface area contributed by atoms with Gasteiger partial charge in [-0.05, 0) is 49.9 Å². The number of anilines is 1. The molecule has 0 unspecified atom stereocenters. The third-order valence-corrected chi connectivity index (χ3v) is 6.58. The van der Waals surface area contributed by atoms with Crippen LogP contribution in [0.2, 0.25) is 0 Å². The van der Waals surface area contributed by atoms with Crippen LogP contribution in [0.15, 0.2) is 46.4 Å². The molecule has 1 aliphatic rings. The molecule has 0 radical (unpaired) electrons. The molecule has 1 saturated heterocycles. The van der Waals surface area contributed by atoms with Gasteiger partial charge in [0.1, 0.15) is 5.69 Å². The van der Waals surface area contributed by atoms with Crippen LogP contribution in [0, 0.1) is 24.0 Å². The van der Waals surface area contributed by atoms with Crippen molar-refractivity contribution in [2.45, 2.75) is 31.6 Å². The van der Waals surface area contributed by atoms with Gasteiger partial charge in [0, 0.05) is 19.2 Å². The highest BCUT2D eigenvalue weighted by Crippen LogP contribution is 2.30. The predicted octanol–water partition coefficient (Wildman–Crippen LogP) is 3.44. The second-order valence-corrected chi connectivity index (χ2v) is 8.72. The van der Waals surface area contributed by atoms with Crippen LogP contribution >= 0.6 is 0 Å². The normalized spacial score (nSPS) is 15.2. The van der Waals surface area contributed by atoms with Crippen molar-refractivity contribution in [3.05, 3.63) is 63.2 Å². The van der Waals surface area contributed by atoms with Crippen molar-refractivity contribution in [2.24, 2.45) is 5.10 Å². The van der Waals surface area contributed by atoms with Crippen LogP contribution < -0.4 is 5.43 Å². The lowest BCUT2D eigenvalue weighted by atomic mass is 10.1. The summed E-state index contributed by atoms with van der Waals surface area (Å²) in [4.78, 5) is 10.8. The van der Waals surface area contributed by atoms with E-state index in [4.69, 9.17) is 0 Å². The van der Waals surface area contributed by atoms with Gasteiger partial charge in [-0.2, -0.15) is 9.41 Å². The summed E-state index contributed by atoms with van der Waals surface area (Å²) >= 11 is 0. The molecule has 1 aliphatic heterocycles. The zero-order chi connectivity index (χ0) is 20.3. The van der Waals surface area contributed by atoms with Crippen molar-refractivity contribution < 1.29 is 13.3 Å². The Labute approximate surface area is 164 Å². The molecule has 2 aromatic rings. The maximum absolute atomic E-state index is 12.6. The summed E-state index contributed by atoms with van der Waals surface area (Å²) in [6, 6.07) is 9.71. The average molecular weight is 402 g/mol. The Morgan fingerprint density at radius 1 is 1.14 bits per heavy atom. The van der Waals surface area contributed by atoms with Crippen LogP contribution in [-0.4, -0.2) is 37.0 Å². The van der Waals surface area contributed by atoms with Crippen LogP contribution in [0.1, 0.15) is 29.5 Å². The summed E-state index contributed by atoms with van der Waals surface area (Å²) in [5, 5.41) is 15.5. The zero-order valence-electron chi connectivity index (χ0n) is 15.8. The number of nitro groups is 1. The summed E-state index contributed by atoms with van der Waals surface area (Å²) in [5.74, 6) is 0. The molecule has 1 heterocycles. The fourth-order valence-electron chi connectivity index (χ4n) is 3.14. The van der Waals surface area contributed by atoms with Gasteiger partial charge in [0.05, 0.1) is 16.0 Å². The van der Waals surface area contributed by atoms with Crippen molar-refractivity contribution in [2.75, 3.05) is 18.5 Å². The molecule has 0 amide bonds. The van der Waals surface area contributed by atoms with E-state index in [2.05, 4.69) is 10.5 Å². The number of benzene rings is 2. The van der Waals surface area contributed by atoms with Gasteiger partial charge in [-0.15, -0.1) is 0 Å². The third kappa shape index (κ3) is 4.20. The summed E-state index contributed by atoms with van der Waals surface area (Å²) < 4.78 is 26.6. The predicted molar refractivity (Wildman–Crippen MR) is 108 cm³/mol. The summed E-state index contributed by atoms with van der Waals surface area (Å²) in [7, 11) is -3.72. The number of nitrogens with zero attached hydrogens (tertiary/aromatic N) is 3. The maximum Gasteiger partial charge on any atom is 0.295 e. The third-order valence-electron chi connectivity index (χ3n) is 4.68. The number of nitro benzene ring substituents is 1. The quantitative estimate of drug-likeness (QED) is 0.453. The molecule has 148 valence electrons. The number of nitrogens with one attached hydrogen (secondary N) is 1.